The summed E-state index contributed by atoms with van der Waals surface area (Å²) in [5, 5.41) is 9.88. The van der Waals surface area contributed by atoms with Crippen LogP contribution in [0.2, 0.25) is 0 Å². The number of hydrogen-bond acceptors (Lipinski definition) is 2. The van der Waals surface area contributed by atoms with Crippen molar-refractivity contribution in [1.82, 2.24) is 4.90 Å². The van der Waals surface area contributed by atoms with Crippen LogP contribution >= 0.6 is 0 Å². The molecule has 0 bridgehead atoms. The van der Waals surface area contributed by atoms with Gasteiger partial charge in [0.15, 0.2) is 0 Å². The molecule has 3 nitrogen and oxygen atoms in total. The topological polar surface area (TPSA) is 40.5 Å². The van der Waals surface area contributed by atoms with E-state index in [0.717, 1.165) is 11.1 Å². The lowest BCUT2D eigenvalue weighted by Crippen LogP contribution is -2.42. The molecule has 108 valence electrons. The van der Waals surface area contributed by atoms with Crippen LogP contribution in [0.1, 0.15) is 11.1 Å². The minimum atomic E-state index is -0.786. The van der Waals surface area contributed by atoms with Crippen LogP contribution in [0.25, 0.3) is 0 Å². The lowest BCUT2D eigenvalue weighted by Gasteiger charge is -2.33. The average molecular weight is 281 g/mol. The SMILES string of the molecule is CN1CC(CO)C(c2ccccc2)(c2ccccc2)C1=O. The zero-order valence-electron chi connectivity index (χ0n) is 12.1. The number of carbonyl (C=O) groups excluding carboxylic acids is 1. The summed E-state index contributed by atoms with van der Waals surface area (Å²) in [4.78, 5) is 14.7. The van der Waals surface area contributed by atoms with E-state index >= 15 is 0 Å². The van der Waals surface area contributed by atoms with Crippen molar-refractivity contribution in [3.8, 4) is 0 Å². The Labute approximate surface area is 124 Å². The summed E-state index contributed by atoms with van der Waals surface area (Å²) < 4.78 is 0. The molecule has 1 heterocycles. The first kappa shape index (κ1) is 13.8. The van der Waals surface area contributed by atoms with Crippen LogP contribution in [-0.4, -0.2) is 36.1 Å². The summed E-state index contributed by atoms with van der Waals surface area (Å²) in [6.07, 6.45) is 0. The van der Waals surface area contributed by atoms with Gasteiger partial charge in [-0.15, -0.1) is 0 Å². The van der Waals surface area contributed by atoms with Crippen LogP contribution in [0.5, 0.6) is 0 Å². The second-order valence-electron chi connectivity index (χ2n) is 5.61. The fourth-order valence-corrected chi connectivity index (χ4v) is 3.51. The van der Waals surface area contributed by atoms with E-state index < -0.39 is 5.41 Å². The Hall–Kier alpha value is -2.13. The lowest BCUT2D eigenvalue weighted by atomic mass is 9.67. The standard InChI is InChI=1S/C18H19NO2/c1-19-12-16(13-20)18(17(19)21,14-8-4-2-5-9-14)15-10-6-3-7-11-15/h2-11,16,20H,12-13H2,1H3. The van der Waals surface area contributed by atoms with Crippen LogP contribution in [-0.2, 0) is 10.2 Å². The summed E-state index contributed by atoms with van der Waals surface area (Å²) >= 11 is 0. The third-order valence-electron chi connectivity index (χ3n) is 4.47. The van der Waals surface area contributed by atoms with Crippen LogP contribution in [0.3, 0.4) is 0 Å². The Morgan fingerprint density at radius 1 is 1.05 bits per heavy atom. The summed E-state index contributed by atoms with van der Waals surface area (Å²) in [6.45, 7) is 0.555. The quantitative estimate of drug-likeness (QED) is 0.935. The van der Waals surface area contributed by atoms with Crippen molar-refractivity contribution in [1.29, 1.82) is 0 Å². The van der Waals surface area contributed by atoms with Crippen molar-refractivity contribution >= 4 is 5.91 Å². The molecule has 1 saturated heterocycles. The molecule has 21 heavy (non-hydrogen) atoms. The molecule has 1 fully saturated rings. The monoisotopic (exact) mass is 281 g/mol. The Bertz CT molecular complexity index is 585. The van der Waals surface area contributed by atoms with Gasteiger partial charge >= 0.3 is 0 Å². The minimum absolute atomic E-state index is 0.0140. The summed E-state index contributed by atoms with van der Waals surface area (Å²) in [6, 6.07) is 19.6. The summed E-state index contributed by atoms with van der Waals surface area (Å²) in [5.74, 6) is -0.0845. The molecule has 2 aromatic rings. The lowest BCUT2D eigenvalue weighted by molar-refractivity contribution is -0.130. The molecule has 1 amide bonds. The normalized spacial score (nSPS) is 20.8. The van der Waals surface area contributed by atoms with Crippen LogP contribution in [0.4, 0.5) is 0 Å². The number of carbonyl (C=O) groups is 1. The maximum atomic E-state index is 13.0. The number of benzene rings is 2. The van der Waals surface area contributed by atoms with Gasteiger partial charge in [0.25, 0.3) is 0 Å². The Kier molecular flexibility index (Phi) is 3.52. The molecule has 0 aliphatic carbocycles. The number of hydrogen-bond donors (Lipinski definition) is 1. The smallest absolute Gasteiger partial charge is 0.237 e. The van der Waals surface area contributed by atoms with E-state index in [-0.39, 0.29) is 18.4 Å². The number of nitrogens with zero attached hydrogens (tertiary/aromatic N) is 1. The van der Waals surface area contributed by atoms with E-state index in [0.29, 0.717) is 6.54 Å². The average Bonchev–Trinajstić information content (AvgIpc) is 2.81. The summed E-state index contributed by atoms with van der Waals surface area (Å²) in [7, 11) is 1.80. The number of likely N-dealkylation sites (N-methyl/N-ethyl adjacent to an activating group) is 1. The van der Waals surface area contributed by atoms with Gasteiger partial charge in [0, 0.05) is 26.1 Å². The molecule has 0 radical (unpaired) electrons. The third kappa shape index (κ3) is 1.96. The Morgan fingerprint density at radius 2 is 1.52 bits per heavy atom. The van der Waals surface area contributed by atoms with Crippen molar-refractivity contribution in [2.75, 3.05) is 20.2 Å². The van der Waals surface area contributed by atoms with Crippen LogP contribution < -0.4 is 0 Å². The molecule has 1 atom stereocenters. The first-order valence-electron chi connectivity index (χ1n) is 7.18. The first-order valence-corrected chi connectivity index (χ1v) is 7.18. The number of likely N-dealkylation sites (tertiary alicyclic amines) is 1. The molecule has 1 N–H and O–H groups in total. The molecule has 1 aliphatic heterocycles. The van der Waals surface area contributed by atoms with E-state index in [2.05, 4.69) is 0 Å². The number of amides is 1. The van der Waals surface area contributed by atoms with Gasteiger partial charge in [-0.3, -0.25) is 4.79 Å². The van der Waals surface area contributed by atoms with E-state index in [1.165, 1.54) is 0 Å². The zero-order chi connectivity index (χ0) is 14.9. The zero-order valence-corrected chi connectivity index (χ0v) is 12.1. The number of aliphatic hydroxyl groups is 1. The Balaban J connectivity index is 2.28. The third-order valence-corrected chi connectivity index (χ3v) is 4.47. The Morgan fingerprint density at radius 3 is 1.95 bits per heavy atom. The molecule has 1 unspecified atom stereocenters. The molecular weight excluding hydrogens is 262 g/mol. The predicted molar refractivity (Wildman–Crippen MR) is 81.9 cm³/mol. The highest BCUT2D eigenvalue weighted by atomic mass is 16.3. The van der Waals surface area contributed by atoms with Gasteiger partial charge in [-0.1, -0.05) is 60.7 Å². The second-order valence-corrected chi connectivity index (χ2v) is 5.61. The molecular formula is C18H19NO2. The van der Waals surface area contributed by atoms with Crippen LogP contribution in [0.15, 0.2) is 60.7 Å². The highest BCUT2D eigenvalue weighted by Gasteiger charge is 2.54. The van der Waals surface area contributed by atoms with Gasteiger partial charge in [-0.25, -0.2) is 0 Å². The first-order chi connectivity index (χ1) is 10.2. The minimum Gasteiger partial charge on any atom is -0.396 e. The molecule has 2 aromatic carbocycles. The molecule has 3 heteroatoms. The predicted octanol–water partition coefficient (Wildman–Crippen LogP) is 2.05. The van der Waals surface area contributed by atoms with Crippen molar-refractivity contribution in [3.63, 3.8) is 0 Å². The highest BCUT2D eigenvalue weighted by molar-refractivity contribution is 5.94. The van der Waals surface area contributed by atoms with Crippen molar-refractivity contribution in [2.45, 2.75) is 5.41 Å². The number of rotatable bonds is 3. The maximum absolute atomic E-state index is 13.0. The van der Waals surface area contributed by atoms with Crippen molar-refractivity contribution < 1.29 is 9.90 Å². The van der Waals surface area contributed by atoms with E-state index in [9.17, 15) is 9.90 Å². The van der Waals surface area contributed by atoms with Gasteiger partial charge in [0.1, 0.15) is 5.41 Å². The molecule has 0 aromatic heterocycles. The highest BCUT2D eigenvalue weighted by Crippen LogP contribution is 2.45. The number of aliphatic hydroxyl groups excluding tert-OH is 1. The van der Waals surface area contributed by atoms with Gasteiger partial charge in [-0.05, 0) is 11.1 Å². The van der Waals surface area contributed by atoms with Crippen LogP contribution in [0, 0.1) is 5.92 Å². The molecule has 0 spiro atoms. The molecule has 3 rings (SSSR count). The van der Waals surface area contributed by atoms with E-state index in [4.69, 9.17) is 0 Å². The van der Waals surface area contributed by atoms with Crippen molar-refractivity contribution in [2.24, 2.45) is 5.92 Å². The van der Waals surface area contributed by atoms with Gasteiger partial charge in [0.2, 0.25) is 5.91 Å². The van der Waals surface area contributed by atoms with Gasteiger partial charge in [0.05, 0.1) is 0 Å². The maximum Gasteiger partial charge on any atom is 0.237 e. The largest absolute Gasteiger partial charge is 0.396 e. The molecule has 1 aliphatic rings. The van der Waals surface area contributed by atoms with E-state index in [1.54, 1.807) is 11.9 Å². The van der Waals surface area contributed by atoms with Crippen molar-refractivity contribution in [3.05, 3.63) is 71.8 Å². The van der Waals surface area contributed by atoms with E-state index in [1.807, 2.05) is 60.7 Å². The fourth-order valence-electron chi connectivity index (χ4n) is 3.51. The summed E-state index contributed by atoms with van der Waals surface area (Å²) in [5.41, 5.74) is 1.11. The van der Waals surface area contributed by atoms with Gasteiger partial charge < -0.3 is 10.0 Å². The second kappa shape index (κ2) is 5.34. The fraction of sp³-hybridized carbons (Fsp3) is 0.278. The molecule has 0 saturated carbocycles. The van der Waals surface area contributed by atoms with Gasteiger partial charge in [-0.2, -0.15) is 0 Å².